The van der Waals surface area contributed by atoms with Crippen LogP contribution in [0, 0.1) is 5.92 Å². The Balaban J connectivity index is 1.45. The van der Waals surface area contributed by atoms with E-state index in [0.717, 1.165) is 5.69 Å². The number of H-pyrrole nitrogens is 1. The molecule has 5 rings (SSSR count). The van der Waals surface area contributed by atoms with E-state index in [4.69, 9.17) is 5.11 Å². The number of anilines is 1. The Morgan fingerprint density at radius 3 is 2.79 bits per heavy atom. The lowest BCUT2D eigenvalue weighted by Crippen LogP contribution is -2.44. The van der Waals surface area contributed by atoms with Gasteiger partial charge in [0, 0.05) is 43.8 Å². The summed E-state index contributed by atoms with van der Waals surface area (Å²) in [7, 11) is 0. The van der Waals surface area contributed by atoms with Crippen molar-refractivity contribution in [2.75, 3.05) is 18.1 Å². The summed E-state index contributed by atoms with van der Waals surface area (Å²) in [5.74, 6) is -0.991. The van der Waals surface area contributed by atoms with E-state index < -0.39 is 17.4 Å². The predicted molar refractivity (Wildman–Crippen MR) is 144 cm³/mol. The monoisotopic (exact) mass is 514 g/mol. The van der Waals surface area contributed by atoms with E-state index in [-0.39, 0.29) is 18.7 Å². The van der Waals surface area contributed by atoms with Crippen LogP contribution >= 0.6 is 0 Å². The first-order chi connectivity index (χ1) is 18.4. The molecule has 3 heterocycles. The number of nitrogens with zero attached hydrogens (tertiary/aromatic N) is 5. The van der Waals surface area contributed by atoms with Crippen molar-refractivity contribution < 1.29 is 15.0 Å². The molecule has 0 fully saturated rings. The summed E-state index contributed by atoms with van der Waals surface area (Å²) in [5, 5.41) is 32.7. The molecule has 0 saturated carbocycles. The van der Waals surface area contributed by atoms with E-state index in [0.29, 0.717) is 47.2 Å². The van der Waals surface area contributed by atoms with Crippen LogP contribution in [-0.2, 0) is 23.4 Å². The van der Waals surface area contributed by atoms with Crippen LogP contribution < -0.4 is 10.5 Å². The summed E-state index contributed by atoms with van der Waals surface area (Å²) in [5.41, 5.74) is 0.947. The van der Waals surface area contributed by atoms with Crippen molar-refractivity contribution in [3.05, 3.63) is 95.1 Å². The zero-order valence-corrected chi connectivity index (χ0v) is 21.1. The highest BCUT2D eigenvalue weighted by Gasteiger charge is 2.52. The summed E-state index contributed by atoms with van der Waals surface area (Å²) in [4.78, 5) is 28.1. The maximum Gasteiger partial charge on any atom is 0.279 e. The Morgan fingerprint density at radius 1 is 1.21 bits per heavy atom. The number of aromatic amines is 1. The van der Waals surface area contributed by atoms with Gasteiger partial charge in [-0.2, -0.15) is 0 Å². The van der Waals surface area contributed by atoms with Gasteiger partial charge in [-0.15, -0.1) is 11.7 Å². The Bertz CT molecular complexity index is 1580. The van der Waals surface area contributed by atoms with Crippen molar-refractivity contribution >= 4 is 22.5 Å². The zero-order valence-electron chi connectivity index (χ0n) is 21.1. The number of benzene rings is 2. The maximum atomic E-state index is 13.6. The van der Waals surface area contributed by atoms with Crippen LogP contribution in [0.5, 0.6) is 0 Å². The number of aliphatic hydroxyl groups is 2. The lowest BCUT2D eigenvalue weighted by molar-refractivity contribution is -0.139. The molecule has 0 saturated heterocycles. The van der Waals surface area contributed by atoms with Gasteiger partial charge in [0.1, 0.15) is 0 Å². The zero-order chi connectivity index (χ0) is 26.9. The molecule has 2 aromatic carbocycles. The van der Waals surface area contributed by atoms with Crippen molar-refractivity contribution in [2.24, 2.45) is 5.92 Å². The van der Waals surface area contributed by atoms with Crippen molar-refractivity contribution in [1.29, 1.82) is 0 Å². The van der Waals surface area contributed by atoms with Gasteiger partial charge in [0.15, 0.2) is 5.60 Å². The molecule has 1 aliphatic heterocycles. The normalized spacial score (nSPS) is 18.0. The number of carbonyl (C=O) groups excluding carboxylic acids is 1. The number of nitrogens with one attached hydrogen (secondary N) is 1. The first kappa shape index (κ1) is 25.4. The Morgan fingerprint density at radius 2 is 2.03 bits per heavy atom. The van der Waals surface area contributed by atoms with Crippen LogP contribution in [0.2, 0.25) is 0 Å². The lowest BCUT2D eigenvalue weighted by atomic mass is 9.82. The summed E-state index contributed by atoms with van der Waals surface area (Å²) < 4.78 is 3.12. The fourth-order valence-corrected chi connectivity index (χ4v) is 4.95. The molecule has 0 bridgehead atoms. The van der Waals surface area contributed by atoms with Crippen molar-refractivity contribution in [2.45, 2.75) is 31.9 Å². The number of hydrogen-bond acceptors (Lipinski definition) is 6. The molecule has 1 amide bonds. The number of aryl methyl sites for hydroxylation is 1. The molecular formula is C28H30N6O4. The standard InChI is InChI=1S/C28H30N6O4/c1-3-14-33-25-12-11-21(34-26(36)22-9-4-5-10-24(22)30-34)17-23(25)28(38,27(33)37)19(2)8-6-7-15-32-18-20(13-16-35)29-31-32/h3-6,8-12,17-19,30,35,38H,1,7,13-16H2,2H3/b8-6+/t19-,28+/m1/s1. The average Bonchev–Trinajstić information content (AvgIpc) is 3.58. The van der Waals surface area contributed by atoms with Crippen LogP contribution in [0.1, 0.15) is 24.6 Å². The molecule has 0 unspecified atom stereocenters. The Hall–Kier alpha value is -4.28. The quantitative estimate of drug-likeness (QED) is 0.279. The van der Waals surface area contributed by atoms with Gasteiger partial charge >= 0.3 is 0 Å². The molecule has 0 aliphatic carbocycles. The summed E-state index contributed by atoms with van der Waals surface area (Å²) >= 11 is 0. The Kier molecular flexibility index (Phi) is 6.83. The molecule has 0 spiro atoms. The molecular weight excluding hydrogens is 484 g/mol. The van der Waals surface area contributed by atoms with Gasteiger partial charge in [-0.25, -0.2) is 4.68 Å². The summed E-state index contributed by atoms with van der Waals surface area (Å²) in [6.45, 7) is 6.39. The van der Waals surface area contributed by atoms with Gasteiger partial charge < -0.3 is 15.1 Å². The summed E-state index contributed by atoms with van der Waals surface area (Å²) in [6.07, 6.45) is 8.21. The van der Waals surface area contributed by atoms with Gasteiger partial charge in [0.25, 0.3) is 11.5 Å². The molecule has 196 valence electrons. The highest BCUT2D eigenvalue weighted by Crippen LogP contribution is 2.45. The predicted octanol–water partition coefficient (Wildman–Crippen LogP) is 2.45. The third kappa shape index (κ3) is 4.27. The number of amides is 1. The molecule has 0 radical (unpaired) electrons. The third-order valence-electron chi connectivity index (χ3n) is 6.98. The molecule has 10 heteroatoms. The number of fused-ring (bicyclic) bond motifs is 2. The molecule has 2 atom stereocenters. The SMILES string of the molecule is C=CCN1C(=O)[C@](O)([C@H](C)/C=C/CCn2cc(CCO)nn2)c2cc(-n3[nH]c4ccccc4c3=O)ccc21. The molecule has 3 N–H and O–H groups in total. The van der Waals surface area contributed by atoms with E-state index in [1.54, 1.807) is 54.2 Å². The van der Waals surface area contributed by atoms with E-state index >= 15 is 0 Å². The van der Waals surface area contributed by atoms with Crippen molar-refractivity contribution in [3.63, 3.8) is 0 Å². The van der Waals surface area contributed by atoms with Gasteiger partial charge in [0.2, 0.25) is 0 Å². The van der Waals surface area contributed by atoms with Gasteiger partial charge in [-0.1, -0.05) is 42.5 Å². The minimum atomic E-state index is -1.82. The van der Waals surface area contributed by atoms with Crippen LogP contribution in [0.4, 0.5) is 5.69 Å². The minimum Gasteiger partial charge on any atom is -0.396 e. The first-order valence-electron chi connectivity index (χ1n) is 12.5. The smallest absolute Gasteiger partial charge is 0.279 e. The molecule has 1 aliphatic rings. The number of allylic oxidation sites excluding steroid dienone is 1. The number of hydrogen-bond donors (Lipinski definition) is 3. The number of carbonyl (C=O) groups is 1. The first-order valence-corrected chi connectivity index (χ1v) is 12.5. The van der Waals surface area contributed by atoms with E-state index in [1.165, 1.54) is 9.58 Å². The minimum absolute atomic E-state index is 0.0176. The van der Waals surface area contributed by atoms with E-state index in [2.05, 4.69) is 22.0 Å². The second-order valence-corrected chi connectivity index (χ2v) is 9.42. The number of para-hydroxylation sites is 1. The van der Waals surface area contributed by atoms with Gasteiger partial charge in [-0.3, -0.25) is 19.4 Å². The highest BCUT2D eigenvalue weighted by molar-refractivity contribution is 6.07. The Labute approximate surface area is 219 Å². The second kappa shape index (κ2) is 10.2. The van der Waals surface area contributed by atoms with Crippen molar-refractivity contribution in [3.8, 4) is 5.69 Å². The van der Waals surface area contributed by atoms with Gasteiger partial charge in [-0.05, 0) is 36.8 Å². The van der Waals surface area contributed by atoms with E-state index in [1.807, 2.05) is 24.3 Å². The van der Waals surface area contributed by atoms with Crippen LogP contribution in [0.3, 0.4) is 0 Å². The number of aliphatic hydroxyl groups excluding tert-OH is 1. The third-order valence-corrected chi connectivity index (χ3v) is 6.98. The highest BCUT2D eigenvalue weighted by atomic mass is 16.3. The fraction of sp³-hybridized carbons (Fsp3) is 0.286. The van der Waals surface area contributed by atoms with Crippen molar-refractivity contribution in [1.82, 2.24) is 24.8 Å². The van der Waals surface area contributed by atoms with Crippen LogP contribution in [0.25, 0.3) is 16.6 Å². The van der Waals surface area contributed by atoms with Gasteiger partial charge in [0.05, 0.1) is 28.0 Å². The topological polar surface area (TPSA) is 129 Å². The van der Waals surface area contributed by atoms with Crippen LogP contribution in [-0.4, -0.2) is 54.0 Å². The average molecular weight is 515 g/mol. The molecule has 10 nitrogen and oxygen atoms in total. The van der Waals surface area contributed by atoms with Crippen LogP contribution in [0.15, 0.2) is 78.3 Å². The maximum absolute atomic E-state index is 13.6. The molecule has 4 aromatic rings. The lowest BCUT2D eigenvalue weighted by Gasteiger charge is -2.27. The largest absolute Gasteiger partial charge is 0.396 e. The fourth-order valence-electron chi connectivity index (χ4n) is 4.95. The number of rotatable bonds is 10. The second-order valence-electron chi connectivity index (χ2n) is 9.42. The number of aromatic nitrogens is 5. The molecule has 2 aromatic heterocycles. The molecule has 38 heavy (non-hydrogen) atoms. The summed E-state index contributed by atoms with van der Waals surface area (Å²) in [6, 6.07) is 12.5. The van der Waals surface area contributed by atoms with E-state index in [9.17, 15) is 14.7 Å².